The van der Waals surface area contributed by atoms with Crippen LogP contribution in [0.3, 0.4) is 0 Å². The number of nitrogens with zero attached hydrogens (tertiary/aromatic N) is 3. The van der Waals surface area contributed by atoms with Gasteiger partial charge in [0.05, 0.1) is 6.21 Å². The van der Waals surface area contributed by atoms with Crippen molar-refractivity contribution >= 4 is 29.8 Å². The monoisotopic (exact) mass is 454 g/mol. The molecule has 0 aromatic heterocycles. The molecule has 0 saturated heterocycles. The molecular weight excluding hydrogens is 428 g/mol. The Balaban J connectivity index is 1.91. The average molecular weight is 455 g/mol. The van der Waals surface area contributed by atoms with Crippen molar-refractivity contribution < 1.29 is 14.3 Å². The van der Waals surface area contributed by atoms with Crippen LogP contribution in [0.4, 0.5) is 11.4 Å². The van der Waals surface area contributed by atoms with Gasteiger partial charge in [-0.1, -0.05) is 24.3 Å². The van der Waals surface area contributed by atoms with Gasteiger partial charge in [0.25, 0.3) is 5.91 Å². The molecule has 0 bridgehead atoms. The summed E-state index contributed by atoms with van der Waals surface area (Å²) in [5.74, 6) is 0.897. The Morgan fingerprint density at radius 2 is 1.76 bits per heavy atom. The Hall–Kier alpha value is -4.13. The number of hydrogen-bond acceptors (Lipinski definition) is 6. The molecule has 7 heteroatoms. The number of nitrogen functional groups attached to an aromatic ring is 1. The number of aldehydes is 1. The van der Waals surface area contributed by atoms with E-state index in [2.05, 4.69) is 36.8 Å². The van der Waals surface area contributed by atoms with Gasteiger partial charge in [0.15, 0.2) is 6.29 Å². The molecule has 0 saturated carbocycles. The second-order valence-electron chi connectivity index (χ2n) is 8.44. The topological polar surface area (TPSA) is 88.2 Å². The Labute approximate surface area is 198 Å². The second kappa shape index (κ2) is 8.02. The smallest absolute Gasteiger partial charge is 0.275 e. The van der Waals surface area contributed by atoms with E-state index in [4.69, 9.17) is 10.5 Å². The molecule has 2 heterocycles. The maximum Gasteiger partial charge on any atom is 0.275 e. The molecule has 1 spiro atoms. The minimum Gasteiger partial charge on any atom is -0.456 e. The van der Waals surface area contributed by atoms with E-state index in [0.29, 0.717) is 29.0 Å². The maximum atomic E-state index is 13.6. The van der Waals surface area contributed by atoms with Gasteiger partial charge in [-0.15, -0.1) is 0 Å². The Morgan fingerprint density at radius 3 is 2.50 bits per heavy atom. The van der Waals surface area contributed by atoms with Crippen LogP contribution in [0.25, 0.3) is 0 Å². The van der Waals surface area contributed by atoms with Gasteiger partial charge >= 0.3 is 0 Å². The van der Waals surface area contributed by atoms with Crippen molar-refractivity contribution in [3.8, 4) is 11.5 Å². The van der Waals surface area contributed by atoms with Crippen LogP contribution in [0.1, 0.15) is 46.5 Å². The zero-order valence-electron chi connectivity index (χ0n) is 19.4. The van der Waals surface area contributed by atoms with Gasteiger partial charge in [0, 0.05) is 58.9 Å². The predicted octanol–water partition coefficient (Wildman–Crippen LogP) is 4.46. The average Bonchev–Trinajstić information content (AvgIpc) is 3.08. The lowest BCUT2D eigenvalue weighted by atomic mass is 9.74. The van der Waals surface area contributed by atoms with Crippen LogP contribution in [-0.2, 0) is 10.3 Å². The van der Waals surface area contributed by atoms with Gasteiger partial charge in [-0.3, -0.25) is 9.59 Å². The quantitative estimate of drug-likeness (QED) is 0.349. The van der Waals surface area contributed by atoms with E-state index >= 15 is 0 Å². The van der Waals surface area contributed by atoms with E-state index in [-0.39, 0.29) is 5.91 Å². The molecule has 3 aromatic carbocycles. The number of ether oxygens (including phenoxy) is 1. The van der Waals surface area contributed by atoms with Gasteiger partial charge in [-0.2, -0.15) is 5.10 Å². The van der Waals surface area contributed by atoms with E-state index in [9.17, 15) is 9.59 Å². The minimum atomic E-state index is -1.10. The molecule has 0 fully saturated rings. The molecule has 7 nitrogen and oxygen atoms in total. The van der Waals surface area contributed by atoms with Crippen LogP contribution >= 0.6 is 0 Å². The summed E-state index contributed by atoms with van der Waals surface area (Å²) in [6.07, 6.45) is 1.68. The SMILES string of the molecule is CCN(CC)c1cc2c(cc1C)C1(c3ccc(N)cc3O2)c2ccccc2C(=O)N1N=CC=O. The summed E-state index contributed by atoms with van der Waals surface area (Å²) in [6, 6.07) is 17.0. The number of rotatable bonds is 5. The van der Waals surface area contributed by atoms with E-state index in [0.717, 1.165) is 47.2 Å². The fraction of sp³-hybridized carbons (Fsp3) is 0.222. The highest BCUT2D eigenvalue weighted by atomic mass is 16.5. The fourth-order valence-electron chi connectivity index (χ4n) is 5.25. The molecule has 1 unspecified atom stereocenters. The Kier molecular flexibility index (Phi) is 5.12. The minimum absolute atomic E-state index is 0.283. The molecule has 5 rings (SSSR count). The maximum absolute atomic E-state index is 13.6. The van der Waals surface area contributed by atoms with E-state index in [1.54, 1.807) is 18.2 Å². The van der Waals surface area contributed by atoms with Crippen LogP contribution in [0, 0.1) is 6.92 Å². The molecule has 2 aliphatic heterocycles. The summed E-state index contributed by atoms with van der Waals surface area (Å²) in [5.41, 5.74) is 10.5. The lowest BCUT2D eigenvalue weighted by molar-refractivity contribution is -0.102. The number of hydrazone groups is 1. The van der Waals surface area contributed by atoms with Crippen LogP contribution in [0.5, 0.6) is 11.5 Å². The Bertz CT molecular complexity index is 1350. The van der Waals surface area contributed by atoms with Crippen molar-refractivity contribution in [2.24, 2.45) is 5.10 Å². The lowest BCUT2D eigenvalue weighted by Gasteiger charge is -2.42. The van der Waals surface area contributed by atoms with Crippen molar-refractivity contribution in [2.45, 2.75) is 26.3 Å². The van der Waals surface area contributed by atoms with Crippen molar-refractivity contribution in [2.75, 3.05) is 23.7 Å². The number of nitrogens with two attached hydrogens (primary N) is 1. The molecule has 1 amide bonds. The molecule has 34 heavy (non-hydrogen) atoms. The zero-order valence-corrected chi connectivity index (χ0v) is 19.4. The molecule has 0 radical (unpaired) electrons. The predicted molar refractivity (Wildman–Crippen MR) is 133 cm³/mol. The number of anilines is 2. The van der Waals surface area contributed by atoms with Crippen molar-refractivity contribution in [3.63, 3.8) is 0 Å². The van der Waals surface area contributed by atoms with Gasteiger partial charge in [0.2, 0.25) is 0 Å². The Morgan fingerprint density at radius 1 is 1.03 bits per heavy atom. The van der Waals surface area contributed by atoms with E-state index in [1.807, 2.05) is 30.3 Å². The fourth-order valence-corrected chi connectivity index (χ4v) is 5.25. The first-order valence-electron chi connectivity index (χ1n) is 11.4. The molecule has 1 atom stereocenters. The highest BCUT2D eigenvalue weighted by molar-refractivity contribution is 6.13. The number of benzene rings is 3. The molecule has 0 aliphatic carbocycles. The number of fused-ring (bicyclic) bond motifs is 6. The summed E-state index contributed by atoms with van der Waals surface area (Å²) in [7, 11) is 0. The number of carbonyl (C=O) groups is 2. The summed E-state index contributed by atoms with van der Waals surface area (Å²) < 4.78 is 6.42. The number of hydrogen-bond donors (Lipinski definition) is 1. The first-order chi connectivity index (χ1) is 16.5. The zero-order chi connectivity index (χ0) is 24.0. The molecule has 172 valence electrons. The summed E-state index contributed by atoms with van der Waals surface area (Å²) >= 11 is 0. The number of carbonyl (C=O) groups excluding carboxylic acids is 2. The van der Waals surface area contributed by atoms with Crippen molar-refractivity contribution in [3.05, 3.63) is 82.4 Å². The van der Waals surface area contributed by atoms with Crippen LogP contribution in [0.2, 0.25) is 0 Å². The van der Waals surface area contributed by atoms with E-state index in [1.165, 1.54) is 5.01 Å². The summed E-state index contributed by atoms with van der Waals surface area (Å²) in [5, 5.41) is 5.75. The van der Waals surface area contributed by atoms with Gasteiger partial charge in [-0.05, 0) is 44.5 Å². The highest BCUT2D eigenvalue weighted by Crippen LogP contribution is 2.58. The lowest BCUT2D eigenvalue weighted by Crippen LogP contribution is -2.44. The molecule has 3 aromatic rings. The number of aryl methyl sites for hydroxylation is 1. The van der Waals surface area contributed by atoms with Crippen LogP contribution < -0.4 is 15.4 Å². The van der Waals surface area contributed by atoms with Gasteiger partial charge in [0.1, 0.15) is 17.0 Å². The van der Waals surface area contributed by atoms with Crippen LogP contribution in [0.15, 0.2) is 59.7 Å². The third kappa shape index (κ3) is 2.86. The number of amides is 1. The standard InChI is InChI=1S/C27H26N4O3/c1-4-30(5-2)23-16-25-22(14-17(23)3)27(21-11-10-18(28)15-24(21)34-25)20-9-7-6-8-19(20)26(33)31(27)29-12-13-32/h6-16H,4-5,28H2,1-3H3. The summed E-state index contributed by atoms with van der Waals surface area (Å²) in [4.78, 5) is 27.2. The van der Waals surface area contributed by atoms with Gasteiger partial charge < -0.3 is 15.4 Å². The molecule has 2 aliphatic rings. The third-order valence-electron chi connectivity index (χ3n) is 6.71. The van der Waals surface area contributed by atoms with Gasteiger partial charge in [-0.25, -0.2) is 5.01 Å². The van der Waals surface area contributed by atoms with Crippen LogP contribution in [-0.4, -0.2) is 36.5 Å². The first kappa shape index (κ1) is 21.7. The highest BCUT2D eigenvalue weighted by Gasteiger charge is 2.57. The van der Waals surface area contributed by atoms with E-state index < -0.39 is 5.54 Å². The van der Waals surface area contributed by atoms with Crippen molar-refractivity contribution in [1.29, 1.82) is 0 Å². The normalized spacial score (nSPS) is 18.0. The summed E-state index contributed by atoms with van der Waals surface area (Å²) in [6.45, 7) is 7.98. The molecular formula is C27H26N4O3. The third-order valence-corrected chi connectivity index (χ3v) is 6.71. The largest absolute Gasteiger partial charge is 0.456 e. The second-order valence-corrected chi connectivity index (χ2v) is 8.44. The first-order valence-corrected chi connectivity index (χ1v) is 11.4. The van der Waals surface area contributed by atoms with Crippen molar-refractivity contribution in [1.82, 2.24) is 5.01 Å². The molecule has 2 N–H and O–H groups in total.